The monoisotopic (exact) mass is 499 g/mol. The molecule has 2 aromatic carbocycles. The van der Waals surface area contributed by atoms with Crippen molar-refractivity contribution in [3.63, 3.8) is 0 Å². The van der Waals surface area contributed by atoms with Crippen LogP contribution in [0.4, 0.5) is 0 Å². The molecule has 0 radical (unpaired) electrons. The third-order valence-electron chi connectivity index (χ3n) is 5.77. The van der Waals surface area contributed by atoms with Crippen molar-refractivity contribution >= 4 is 29.1 Å². The first kappa shape index (κ1) is 26.7. The molecule has 35 heavy (non-hydrogen) atoms. The van der Waals surface area contributed by atoms with Crippen LogP contribution in [0.1, 0.15) is 50.8 Å². The van der Waals surface area contributed by atoms with E-state index in [0.29, 0.717) is 42.5 Å². The summed E-state index contributed by atoms with van der Waals surface area (Å²) in [6.07, 6.45) is 0.803. The zero-order chi connectivity index (χ0) is 25.6. The van der Waals surface area contributed by atoms with Gasteiger partial charge in [0, 0.05) is 42.6 Å². The number of benzene rings is 2. The van der Waals surface area contributed by atoms with Crippen molar-refractivity contribution < 1.29 is 19.1 Å². The number of hydrogen-bond donors (Lipinski definition) is 0. The molecule has 0 unspecified atom stereocenters. The predicted octanol–water partition coefficient (Wildman–Crippen LogP) is 4.94. The molecule has 7 nitrogen and oxygen atoms in total. The Morgan fingerprint density at radius 3 is 2.46 bits per heavy atom. The number of hydrazone groups is 1. The van der Waals surface area contributed by atoms with Gasteiger partial charge in [-0.15, -0.1) is 0 Å². The Bertz CT molecular complexity index is 1080. The van der Waals surface area contributed by atoms with Crippen LogP contribution in [0.2, 0.25) is 5.02 Å². The Morgan fingerprint density at radius 2 is 1.80 bits per heavy atom. The molecule has 0 aliphatic carbocycles. The molecule has 1 atom stereocenters. The summed E-state index contributed by atoms with van der Waals surface area (Å²) in [5.41, 5.74) is 2.14. The molecule has 0 bridgehead atoms. The van der Waals surface area contributed by atoms with Gasteiger partial charge in [-0.1, -0.05) is 68.8 Å². The molecule has 188 valence electrons. The van der Waals surface area contributed by atoms with Gasteiger partial charge >= 0.3 is 0 Å². The van der Waals surface area contributed by atoms with Crippen LogP contribution >= 0.6 is 11.6 Å². The number of hydrogen-bond acceptors (Lipinski definition) is 5. The zero-order valence-corrected chi connectivity index (χ0v) is 21.8. The fourth-order valence-electron chi connectivity index (χ4n) is 4.08. The number of para-hydroxylation sites is 1. The Labute approximate surface area is 212 Å². The van der Waals surface area contributed by atoms with Gasteiger partial charge in [0.05, 0.1) is 25.5 Å². The van der Waals surface area contributed by atoms with Crippen molar-refractivity contribution in [2.75, 3.05) is 33.9 Å². The number of rotatable bonds is 9. The van der Waals surface area contributed by atoms with E-state index in [1.807, 2.05) is 63.2 Å². The van der Waals surface area contributed by atoms with Crippen LogP contribution < -0.4 is 4.74 Å². The molecular formula is C27H34ClN3O4. The third kappa shape index (κ3) is 6.83. The summed E-state index contributed by atoms with van der Waals surface area (Å²) in [4.78, 5) is 28.2. The maximum atomic E-state index is 13.6. The normalized spacial score (nSPS) is 15.7. The average Bonchev–Trinajstić information content (AvgIpc) is 3.26. The Hall–Kier alpha value is -2.90. The van der Waals surface area contributed by atoms with Gasteiger partial charge < -0.3 is 14.4 Å². The first-order valence-electron chi connectivity index (χ1n) is 11.7. The van der Waals surface area contributed by atoms with E-state index in [-0.39, 0.29) is 29.8 Å². The van der Waals surface area contributed by atoms with Gasteiger partial charge in [-0.05, 0) is 17.5 Å². The van der Waals surface area contributed by atoms with Gasteiger partial charge in [0.25, 0.3) is 5.91 Å². The minimum absolute atomic E-state index is 0.0914. The number of carbonyl (C=O) groups is 2. The van der Waals surface area contributed by atoms with Crippen LogP contribution in [-0.4, -0.2) is 61.4 Å². The second-order valence-corrected chi connectivity index (χ2v) is 10.2. The van der Waals surface area contributed by atoms with Crippen LogP contribution in [0.3, 0.4) is 0 Å². The number of methoxy groups -OCH3 is 2. The van der Waals surface area contributed by atoms with Crippen molar-refractivity contribution in [1.29, 1.82) is 0 Å². The topological polar surface area (TPSA) is 71.4 Å². The lowest BCUT2D eigenvalue weighted by atomic mass is 9.91. The van der Waals surface area contributed by atoms with Crippen molar-refractivity contribution in [2.45, 2.75) is 39.7 Å². The number of ether oxygens (including phenoxy) is 2. The molecule has 0 N–H and O–H groups in total. The Morgan fingerprint density at radius 1 is 1.11 bits per heavy atom. The van der Waals surface area contributed by atoms with Gasteiger partial charge in [0.2, 0.25) is 5.91 Å². The maximum absolute atomic E-state index is 13.6. The van der Waals surface area contributed by atoms with E-state index >= 15 is 0 Å². The van der Waals surface area contributed by atoms with E-state index in [1.165, 1.54) is 5.01 Å². The van der Waals surface area contributed by atoms with E-state index in [2.05, 4.69) is 0 Å². The lowest BCUT2D eigenvalue weighted by Crippen LogP contribution is -2.43. The summed E-state index contributed by atoms with van der Waals surface area (Å²) in [7, 11) is 3.18. The van der Waals surface area contributed by atoms with Gasteiger partial charge in [-0.3, -0.25) is 9.59 Å². The van der Waals surface area contributed by atoms with Crippen molar-refractivity contribution in [3.05, 3.63) is 64.7 Å². The molecule has 1 aliphatic rings. The first-order valence-corrected chi connectivity index (χ1v) is 12.1. The van der Waals surface area contributed by atoms with Crippen molar-refractivity contribution in [2.24, 2.45) is 10.5 Å². The standard InChI is InChI=1S/C27H34ClN3O4/c1-27(2,3)17-25(32)30(14-15-34-4)18-26(33)31-23(20-11-7-9-13-24(20)35-5)16-22(29-31)19-10-6-8-12-21(19)28/h6-13,23H,14-18H2,1-5H3/t23-/m0/s1. The van der Waals surface area contributed by atoms with E-state index < -0.39 is 0 Å². The summed E-state index contributed by atoms with van der Waals surface area (Å²) in [6.45, 7) is 6.57. The highest BCUT2D eigenvalue weighted by Crippen LogP contribution is 2.38. The first-order chi connectivity index (χ1) is 16.6. The highest BCUT2D eigenvalue weighted by Gasteiger charge is 2.36. The fraction of sp³-hybridized carbons (Fsp3) is 0.444. The van der Waals surface area contributed by atoms with Crippen LogP contribution in [0.15, 0.2) is 53.6 Å². The highest BCUT2D eigenvalue weighted by molar-refractivity contribution is 6.34. The molecule has 2 amide bonds. The van der Waals surface area contributed by atoms with Crippen LogP contribution in [-0.2, 0) is 14.3 Å². The molecule has 0 saturated heterocycles. The third-order valence-corrected chi connectivity index (χ3v) is 6.10. The van der Waals surface area contributed by atoms with Gasteiger partial charge in [-0.2, -0.15) is 5.10 Å². The fourth-order valence-corrected chi connectivity index (χ4v) is 4.32. The van der Waals surface area contributed by atoms with E-state index in [4.69, 9.17) is 26.2 Å². The molecule has 3 rings (SSSR count). The molecule has 8 heteroatoms. The Kier molecular flexibility index (Phi) is 8.92. The molecular weight excluding hydrogens is 466 g/mol. The van der Waals surface area contributed by atoms with Gasteiger partial charge in [-0.25, -0.2) is 5.01 Å². The molecule has 1 aliphatic heterocycles. The van der Waals surface area contributed by atoms with Gasteiger partial charge in [0.15, 0.2) is 0 Å². The summed E-state index contributed by atoms with van der Waals surface area (Å²) in [5, 5.41) is 6.75. The summed E-state index contributed by atoms with van der Waals surface area (Å²) < 4.78 is 10.8. The largest absolute Gasteiger partial charge is 0.496 e. The number of halogens is 1. The predicted molar refractivity (Wildman–Crippen MR) is 138 cm³/mol. The lowest BCUT2D eigenvalue weighted by Gasteiger charge is -2.29. The smallest absolute Gasteiger partial charge is 0.262 e. The minimum atomic E-state index is -0.382. The van der Waals surface area contributed by atoms with Crippen LogP contribution in [0, 0.1) is 5.41 Å². The summed E-state index contributed by atoms with van der Waals surface area (Å²) in [6, 6.07) is 14.7. The second-order valence-electron chi connectivity index (χ2n) is 9.77. The molecule has 1 heterocycles. The van der Waals surface area contributed by atoms with E-state index in [1.54, 1.807) is 25.2 Å². The number of amides is 2. The maximum Gasteiger partial charge on any atom is 0.262 e. The van der Waals surface area contributed by atoms with E-state index in [9.17, 15) is 9.59 Å². The van der Waals surface area contributed by atoms with Crippen molar-refractivity contribution in [3.8, 4) is 5.75 Å². The van der Waals surface area contributed by atoms with E-state index in [0.717, 1.165) is 11.1 Å². The SMILES string of the molecule is COCCN(CC(=O)N1N=C(c2ccccc2Cl)C[C@H]1c1ccccc1OC)C(=O)CC(C)(C)C. The van der Waals surface area contributed by atoms with Crippen LogP contribution in [0.25, 0.3) is 0 Å². The van der Waals surface area contributed by atoms with Gasteiger partial charge in [0.1, 0.15) is 12.3 Å². The molecule has 0 spiro atoms. The quantitative estimate of drug-likeness (QED) is 0.490. The Balaban J connectivity index is 1.94. The van der Waals surface area contributed by atoms with Crippen LogP contribution in [0.5, 0.6) is 5.75 Å². The average molecular weight is 500 g/mol. The number of carbonyl (C=O) groups excluding carboxylic acids is 2. The zero-order valence-electron chi connectivity index (χ0n) is 21.1. The second kappa shape index (κ2) is 11.7. The number of nitrogens with zero attached hydrogens (tertiary/aromatic N) is 3. The molecule has 0 aromatic heterocycles. The van der Waals surface area contributed by atoms with Crippen molar-refractivity contribution in [1.82, 2.24) is 9.91 Å². The highest BCUT2D eigenvalue weighted by atomic mass is 35.5. The lowest BCUT2D eigenvalue weighted by molar-refractivity contribution is -0.143. The summed E-state index contributed by atoms with van der Waals surface area (Å²) in [5.74, 6) is 0.304. The minimum Gasteiger partial charge on any atom is -0.496 e. The molecule has 0 fully saturated rings. The molecule has 0 saturated carbocycles. The summed E-state index contributed by atoms with van der Waals surface area (Å²) >= 11 is 6.45. The molecule has 2 aromatic rings.